The number of aromatic nitrogens is 2. The van der Waals surface area contributed by atoms with Crippen LogP contribution >= 0.6 is 11.3 Å². The zero-order chi connectivity index (χ0) is 19.5. The highest BCUT2D eigenvalue weighted by molar-refractivity contribution is 7.19. The molecule has 4 rings (SSSR count). The minimum absolute atomic E-state index is 0.335. The van der Waals surface area contributed by atoms with Gasteiger partial charge in [0.2, 0.25) is 6.39 Å². The van der Waals surface area contributed by atoms with Crippen LogP contribution in [-0.4, -0.2) is 47.4 Å². The van der Waals surface area contributed by atoms with E-state index < -0.39 is 6.03 Å². The summed E-state index contributed by atoms with van der Waals surface area (Å²) in [6, 6.07) is 10.0. The van der Waals surface area contributed by atoms with Crippen LogP contribution in [0.2, 0.25) is 0 Å². The lowest BCUT2D eigenvalue weighted by Crippen LogP contribution is -2.37. The number of hydrogen-bond donors (Lipinski definition) is 2. The highest BCUT2D eigenvalue weighted by Gasteiger charge is 2.20. The summed E-state index contributed by atoms with van der Waals surface area (Å²) >= 11 is 1.46. The zero-order valence-corrected chi connectivity index (χ0v) is 16.2. The summed E-state index contributed by atoms with van der Waals surface area (Å²) in [5, 5.41) is 10.3. The van der Waals surface area contributed by atoms with Gasteiger partial charge >= 0.3 is 6.03 Å². The lowest BCUT2D eigenvalue weighted by atomic mass is 10.0. The third-order valence-corrected chi connectivity index (χ3v) is 5.99. The second kappa shape index (κ2) is 8.09. The lowest BCUT2D eigenvalue weighted by Gasteiger charge is -2.32. The van der Waals surface area contributed by atoms with Gasteiger partial charge in [-0.05, 0) is 24.1 Å². The summed E-state index contributed by atoms with van der Waals surface area (Å²) in [5.41, 5.74) is 8.15. The number of nitrogens with zero attached hydrogens (tertiary/aromatic N) is 3. The van der Waals surface area contributed by atoms with Gasteiger partial charge < -0.3 is 20.2 Å². The number of hydrogen-bond acceptors (Lipinski definition) is 7. The molecule has 3 aromatic rings. The van der Waals surface area contributed by atoms with E-state index in [-0.39, 0.29) is 0 Å². The topological polar surface area (TPSA) is 107 Å². The average Bonchev–Trinajstić information content (AvgIpc) is 3.38. The SMILES string of the molecule is CC(c1ccc(-c2cc(NC(N)=O)c(-c3nnco3)s2)cc1)N1CCOCC1. The Morgan fingerprint density at radius 2 is 2.04 bits per heavy atom. The van der Waals surface area contributed by atoms with Crippen molar-refractivity contribution in [2.24, 2.45) is 5.73 Å². The Labute approximate surface area is 166 Å². The first kappa shape index (κ1) is 18.6. The Hall–Kier alpha value is -2.75. The van der Waals surface area contributed by atoms with E-state index in [2.05, 4.69) is 51.6 Å². The Morgan fingerprint density at radius 3 is 2.68 bits per heavy atom. The summed E-state index contributed by atoms with van der Waals surface area (Å²) in [6.45, 7) is 5.68. The van der Waals surface area contributed by atoms with E-state index in [9.17, 15) is 4.79 Å². The largest absolute Gasteiger partial charge is 0.423 e. The van der Waals surface area contributed by atoms with Crippen molar-refractivity contribution in [1.82, 2.24) is 15.1 Å². The Balaban J connectivity index is 1.59. The fourth-order valence-corrected chi connectivity index (χ4v) is 4.34. The molecule has 0 spiro atoms. The quantitative estimate of drug-likeness (QED) is 0.681. The Kier molecular flexibility index (Phi) is 5.38. The predicted octanol–water partition coefficient (Wildman–Crippen LogP) is 3.35. The smallest absolute Gasteiger partial charge is 0.316 e. The van der Waals surface area contributed by atoms with E-state index in [0.717, 1.165) is 36.7 Å². The highest BCUT2D eigenvalue weighted by atomic mass is 32.1. The molecule has 1 aliphatic heterocycles. The summed E-state index contributed by atoms with van der Waals surface area (Å²) in [7, 11) is 0. The molecular weight excluding hydrogens is 378 g/mol. The summed E-state index contributed by atoms with van der Waals surface area (Å²) in [4.78, 5) is 15.4. The molecule has 3 heterocycles. The van der Waals surface area contributed by atoms with Gasteiger partial charge in [-0.2, -0.15) is 0 Å². The number of amides is 2. The average molecular weight is 399 g/mol. The van der Waals surface area contributed by atoms with Crippen molar-refractivity contribution in [3.8, 4) is 21.2 Å². The van der Waals surface area contributed by atoms with Gasteiger partial charge in [0.05, 0.1) is 18.9 Å². The number of nitrogens with two attached hydrogens (primary N) is 1. The molecule has 9 heteroatoms. The molecule has 1 saturated heterocycles. The highest BCUT2D eigenvalue weighted by Crippen LogP contribution is 2.41. The van der Waals surface area contributed by atoms with Crippen molar-refractivity contribution < 1.29 is 13.9 Å². The lowest BCUT2D eigenvalue weighted by molar-refractivity contribution is 0.0198. The first-order chi connectivity index (χ1) is 13.6. The summed E-state index contributed by atoms with van der Waals surface area (Å²) in [5.74, 6) is 0.345. The number of anilines is 1. The molecule has 1 atom stereocenters. The van der Waals surface area contributed by atoms with Crippen molar-refractivity contribution in [3.63, 3.8) is 0 Å². The molecule has 1 unspecified atom stereocenters. The fourth-order valence-electron chi connectivity index (χ4n) is 3.29. The number of thiophene rings is 1. The second-order valence-electron chi connectivity index (χ2n) is 6.53. The van der Waals surface area contributed by atoms with Crippen LogP contribution in [0, 0.1) is 0 Å². The van der Waals surface area contributed by atoms with Crippen molar-refractivity contribution in [2.75, 3.05) is 31.6 Å². The van der Waals surface area contributed by atoms with E-state index in [4.69, 9.17) is 14.9 Å². The predicted molar refractivity (Wildman–Crippen MR) is 107 cm³/mol. The molecule has 1 aromatic carbocycles. The number of carbonyl (C=O) groups excluding carboxylic acids is 1. The Morgan fingerprint density at radius 1 is 1.29 bits per heavy atom. The fraction of sp³-hybridized carbons (Fsp3) is 0.316. The Bertz CT molecular complexity index is 933. The minimum atomic E-state index is -0.639. The first-order valence-electron chi connectivity index (χ1n) is 9.01. The van der Waals surface area contributed by atoms with Gasteiger partial charge in [-0.3, -0.25) is 4.90 Å². The molecule has 3 N–H and O–H groups in total. The minimum Gasteiger partial charge on any atom is -0.423 e. The number of rotatable bonds is 5. The molecule has 0 bridgehead atoms. The van der Waals surface area contributed by atoms with Gasteiger partial charge in [-0.1, -0.05) is 24.3 Å². The molecular formula is C19H21N5O3S. The van der Waals surface area contributed by atoms with Crippen LogP contribution in [0.1, 0.15) is 18.5 Å². The molecule has 28 heavy (non-hydrogen) atoms. The van der Waals surface area contributed by atoms with Crippen LogP contribution < -0.4 is 11.1 Å². The van der Waals surface area contributed by atoms with E-state index in [0.29, 0.717) is 22.5 Å². The molecule has 0 aliphatic carbocycles. The van der Waals surface area contributed by atoms with Crippen molar-refractivity contribution >= 4 is 23.1 Å². The molecule has 0 radical (unpaired) electrons. The van der Waals surface area contributed by atoms with Crippen molar-refractivity contribution in [2.45, 2.75) is 13.0 Å². The maximum Gasteiger partial charge on any atom is 0.316 e. The molecule has 1 aliphatic rings. The van der Waals surface area contributed by atoms with Gasteiger partial charge in [0, 0.05) is 24.0 Å². The van der Waals surface area contributed by atoms with E-state index in [1.807, 2.05) is 6.07 Å². The van der Waals surface area contributed by atoms with E-state index >= 15 is 0 Å². The van der Waals surface area contributed by atoms with E-state index in [1.165, 1.54) is 23.3 Å². The van der Waals surface area contributed by atoms with Gasteiger partial charge in [-0.25, -0.2) is 4.79 Å². The molecule has 2 amide bonds. The molecule has 2 aromatic heterocycles. The molecule has 8 nitrogen and oxygen atoms in total. The third kappa shape index (κ3) is 3.91. The monoisotopic (exact) mass is 399 g/mol. The van der Waals surface area contributed by atoms with Crippen LogP contribution in [0.15, 0.2) is 41.1 Å². The maximum absolute atomic E-state index is 11.3. The number of carbonyl (C=O) groups is 1. The van der Waals surface area contributed by atoms with Crippen LogP contribution in [0.5, 0.6) is 0 Å². The summed E-state index contributed by atoms with van der Waals surface area (Å²) in [6.07, 6.45) is 1.25. The van der Waals surface area contributed by atoms with E-state index in [1.54, 1.807) is 0 Å². The standard InChI is InChI=1S/C19H21N5O3S/c1-12(24-6-8-26-9-7-24)13-2-4-14(5-3-13)16-10-15(22-19(20)25)17(28-16)18-23-21-11-27-18/h2-5,10-12H,6-9H2,1H3,(H3,20,22,25). The van der Waals surface area contributed by atoms with Crippen LogP contribution in [0.3, 0.4) is 0 Å². The van der Waals surface area contributed by atoms with Crippen LogP contribution in [0.4, 0.5) is 10.5 Å². The van der Waals surface area contributed by atoms with Crippen LogP contribution in [0.25, 0.3) is 21.2 Å². The third-order valence-electron chi connectivity index (χ3n) is 4.82. The number of morpholine rings is 1. The normalized spacial score (nSPS) is 16.0. The summed E-state index contributed by atoms with van der Waals surface area (Å²) < 4.78 is 10.7. The van der Waals surface area contributed by atoms with Gasteiger partial charge in [0.1, 0.15) is 4.88 Å². The number of primary amides is 1. The van der Waals surface area contributed by atoms with Crippen molar-refractivity contribution in [3.05, 3.63) is 42.3 Å². The number of urea groups is 1. The van der Waals surface area contributed by atoms with Crippen molar-refractivity contribution in [1.29, 1.82) is 0 Å². The number of nitrogens with one attached hydrogen (secondary N) is 1. The zero-order valence-electron chi connectivity index (χ0n) is 15.4. The molecule has 1 fully saturated rings. The molecule has 0 saturated carbocycles. The van der Waals surface area contributed by atoms with Gasteiger partial charge in [0.25, 0.3) is 5.89 Å². The first-order valence-corrected chi connectivity index (χ1v) is 9.82. The maximum atomic E-state index is 11.3. The van der Waals surface area contributed by atoms with Gasteiger partial charge in [-0.15, -0.1) is 21.5 Å². The second-order valence-corrected chi connectivity index (χ2v) is 7.59. The molecule has 146 valence electrons. The number of ether oxygens (including phenoxy) is 1. The van der Waals surface area contributed by atoms with Crippen LogP contribution in [-0.2, 0) is 4.74 Å². The number of benzene rings is 1. The van der Waals surface area contributed by atoms with Gasteiger partial charge in [0.15, 0.2) is 0 Å².